The summed E-state index contributed by atoms with van der Waals surface area (Å²) in [6, 6.07) is 5.28. The van der Waals surface area contributed by atoms with Crippen molar-refractivity contribution in [2.75, 3.05) is 13.7 Å². The number of hydrogen-bond acceptors (Lipinski definition) is 5. The Hall–Kier alpha value is -2.08. The Morgan fingerprint density at radius 3 is 2.86 bits per heavy atom. The van der Waals surface area contributed by atoms with Gasteiger partial charge in [-0.05, 0) is 37.5 Å². The summed E-state index contributed by atoms with van der Waals surface area (Å²) in [4.78, 5) is 4.50. The maximum atomic E-state index is 6.27. The van der Waals surface area contributed by atoms with Gasteiger partial charge in [0, 0.05) is 5.92 Å². The normalized spacial score (nSPS) is 15.8. The number of aromatic nitrogens is 3. The molecule has 1 fully saturated rings. The molecule has 1 aliphatic carbocycles. The van der Waals surface area contributed by atoms with Crippen LogP contribution in [0.1, 0.15) is 48.9 Å². The van der Waals surface area contributed by atoms with Crippen molar-refractivity contribution < 1.29 is 9.47 Å². The van der Waals surface area contributed by atoms with Crippen LogP contribution in [0.15, 0.2) is 18.2 Å². The topological polar surface area (TPSA) is 86.0 Å². The number of methoxy groups -OCH3 is 1. The third kappa shape index (κ3) is 2.85. The van der Waals surface area contributed by atoms with E-state index in [9.17, 15) is 0 Å². The number of rotatable bonds is 6. The van der Waals surface area contributed by atoms with Gasteiger partial charge in [-0.1, -0.05) is 6.07 Å². The van der Waals surface area contributed by atoms with E-state index in [1.165, 1.54) is 12.8 Å². The molecule has 1 aromatic carbocycles. The summed E-state index contributed by atoms with van der Waals surface area (Å²) in [7, 11) is 1.62. The lowest BCUT2D eigenvalue weighted by Crippen LogP contribution is -2.14. The number of aromatic amines is 1. The Balaban J connectivity index is 1.85. The van der Waals surface area contributed by atoms with Gasteiger partial charge in [0.15, 0.2) is 17.3 Å². The zero-order chi connectivity index (χ0) is 14.8. The lowest BCUT2D eigenvalue weighted by Gasteiger charge is -2.13. The van der Waals surface area contributed by atoms with E-state index in [1.54, 1.807) is 7.11 Å². The molecule has 0 saturated heterocycles. The number of nitrogens with zero attached hydrogens (tertiary/aromatic N) is 2. The predicted molar refractivity (Wildman–Crippen MR) is 78.6 cm³/mol. The fourth-order valence-corrected chi connectivity index (χ4v) is 2.27. The molecule has 6 nitrogen and oxygen atoms in total. The van der Waals surface area contributed by atoms with Crippen LogP contribution in [0.4, 0.5) is 0 Å². The SMILES string of the molecule is CCOc1cc([C@@H](N)c2n[nH]c(C3CC3)n2)ccc1OC. The molecule has 1 atom stereocenters. The van der Waals surface area contributed by atoms with Crippen LogP contribution in [-0.4, -0.2) is 28.9 Å². The number of nitrogens with two attached hydrogens (primary N) is 1. The third-order valence-electron chi connectivity index (χ3n) is 3.61. The molecule has 112 valence electrons. The van der Waals surface area contributed by atoms with Crippen LogP contribution in [0, 0.1) is 0 Å². The fraction of sp³-hybridized carbons (Fsp3) is 0.467. The number of nitrogens with one attached hydrogen (secondary N) is 1. The first-order chi connectivity index (χ1) is 10.2. The van der Waals surface area contributed by atoms with Crippen molar-refractivity contribution in [3.8, 4) is 11.5 Å². The maximum Gasteiger partial charge on any atom is 0.171 e. The van der Waals surface area contributed by atoms with Gasteiger partial charge in [0.05, 0.1) is 19.8 Å². The molecule has 0 unspecified atom stereocenters. The highest BCUT2D eigenvalue weighted by Gasteiger charge is 2.28. The van der Waals surface area contributed by atoms with Crippen LogP contribution in [0.2, 0.25) is 0 Å². The molecule has 1 aliphatic rings. The van der Waals surface area contributed by atoms with E-state index in [-0.39, 0.29) is 6.04 Å². The van der Waals surface area contributed by atoms with E-state index < -0.39 is 0 Å². The molecular formula is C15H20N4O2. The molecule has 0 bridgehead atoms. The quantitative estimate of drug-likeness (QED) is 0.850. The molecule has 1 aromatic heterocycles. The molecular weight excluding hydrogens is 268 g/mol. The van der Waals surface area contributed by atoms with E-state index in [0.29, 0.717) is 29.8 Å². The number of ether oxygens (including phenoxy) is 2. The lowest BCUT2D eigenvalue weighted by molar-refractivity contribution is 0.310. The molecule has 3 N–H and O–H groups in total. The van der Waals surface area contributed by atoms with Gasteiger partial charge in [0.25, 0.3) is 0 Å². The van der Waals surface area contributed by atoms with Gasteiger partial charge in [0.1, 0.15) is 5.82 Å². The highest BCUT2D eigenvalue weighted by molar-refractivity contribution is 5.44. The predicted octanol–water partition coefficient (Wildman–Crippen LogP) is 2.14. The van der Waals surface area contributed by atoms with Crippen LogP contribution >= 0.6 is 0 Å². The maximum absolute atomic E-state index is 6.27. The average Bonchev–Trinajstić information content (AvgIpc) is 3.24. The van der Waals surface area contributed by atoms with Gasteiger partial charge in [-0.2, -0.15) is 5.10 Å². The molecule has 0 spiro atoms. The Bertz CT molecular complexity index is 622. The summed E-state index contributed by atoms with van der Waals surface area (Å²) in [5, 5.41) is 7.22. The second kappa shape index (κ2) is 5.73. The van der Waals surface area contributed by atoms with Crippen LogP contribution in [-0.2, 0) is 0 Å². The van der Waals surface area contributed by atoms with E-state index in [0.717, 1.165) is 11.4 Å². The standard InChI is InChI=1S/C15H20N4O2/c1-3-21-12-8-10(6-7-11(12)20-2)13(16)15-17-14(18-19-15)9-4-5-9/h6-9,13H,3-5,16H2,1-2H3,(H,17,18,19)/t13-/m1/s1. The van der Waals surface area contributed by atoms with E-state index in [1.807, 2.05) is 25.1 Å². The van der Waals surface area contributed by atoms with Crippen LogP contribution in [0.3, 0.4) is 0 Å². The van der Waals surface area contributed by atoms with Gasteiger partial charge >= 0.3 is 0 Å². The Morgan fingerprint density at radius 2 is 2.19 bits per heavy atom. The molecule has 1 heterocycles. The summed E-state index contributed by atoms with van der Waals surface area (Å²) >= 11 is 0. The summed E-state index contributed by atoms with van der Waals surface area (Å²) < 4.78 is 10.9. The lowest BCUT2D eigenvalue weighted by atomic mass is 10.1. The molecule has 2 aromatic rings. The van der Waals surface area contributed by atoms with Gasteiger partial charge < -0.3 is 15.2 Å². The second-order valence-corrected chi connectivity index (χ2v) is 5.17. The molecule has 0 aliphatic heterocycles. The van der Waals surface area contributed by atoms with Crippen molar-refractivity contribution >= 4 is 0 Å². The minimum Gasteiger partial charge on any atom is -0.493 e. The third-order valence-corrected chi connectivity index (χ3v) is 3.61. The first-order valence-electron chi connectivity index (χ1n) is 7.21. The van der Waals surface area contributed by atoms with Crippen molar-refractivity contribution in [3.63, 3.8) is 0 Å². The minimum absolute atomic E-state index is 0.376. The largest absolute Gasteiger partial charge is 0.493 e. The van der Waals surface area contributed by atoms with E-state index in [4.69, 9.17) is 15.2 Å². The Labute approximate surface area is 123 Å². The van der Waals surface area contributed by atoms with Crippen molar-refractivity contribution in [1.29, 1.82) is 0 Å². The molecule has 1 saturated carbocycles. The van der Waals surface area contributed by atoms with E-state index >= 15 is 0 Å². The molecule has 3 rings (SSSR count). The molecule has 0 radical (unpaired) electrons. The second-order valence-electron chi connectivity index (χ2n) is 5.17. The van der Waals surface area contributed by atoms with Crippen molar-refractivity contribution in [2.45, 2.75) is 31.7 Å². The van der Waals surface area contributed by atoms with Gasteiger partial charge in [0.2, 0.25) is 0 Å². The van der Waals surface area contributed by atoms with E-state index in [2.05, 4.69) is 15.2 Å². The number of hydrogen-bond donors (Lipinski definition) is 2. The summed E-state index contributed by atoms with van der Waals surface area (Å²) in [6.07, 6.45) is 2.36. The highest BCUT2D eigenvalue weighted by Crippen LogP contribution is 2.38. The highest BCUT2D eigenvalue weighted by atomic mass is 16.5. The minimum atomic E-state index is -0.376. The zero-order valence-corrected chi connectivity index (χ0v) is 12.3. The summed E-state index contributed by atoms with van der Waals surface area (Å²) in [5.74, 6) is 3.48. The van der Waals surface area contributed by atoms with Crippen molar-refractivity contribution in [1.82, 2.24) is 15.2 Å². The van der Waals surface area contributed by atoms with Gasteiger partial charge in [-0.15, -0.1) is 0 Å². The van der Waals surface area contributed by atoms with Gasteiger partial charge in [-0.3, -0.25) is 5.10 Å². The number of benzene rings is 1. The Kier molecular flexibility index (Phi) is 3.79. The van der Waals surface area contributed by atoms with Crippen LogP contribution in [0.25, 0.3) is 0 Å². The fourth-order valence-electron chi connectivity index (χ4n) is 2.27. The summed E-state index contributed by atoms with van der Waals surface area (Å²) in [6.45, 7) is 2.50. The Morgan fingerprint density at radius 1 is 1.38 bits per heavy atom. The first-order valence-corrected chi connectivity index (χ1v) is 7.21. The average molecular weight is 288 g/mol. The smallest absolute Gasteiger partial charge is 0.171 e. The molecule has 0 amide bonds. The summed E-state index contributed by atoms with van der Waals surface area (Å²) in [5.41, 5.74) is 7.17. The monoisotopic (exact) mass is 288 g/mol. The van der Waals surface area contributed by atoms with Crippen LogP contribution < -0.4 is 15.2 Å². The van der Waals surface area contributed by atoms with Crippen molar-refractivity contribution in [2.24, 2.45) is 5.73 Å². The molecule has 6 heteroatoms. The number of H-pyrrole nitrogens is 1. The van der Waals surface area contributed by atoms with Crippen molar-refractivity contribution in [3.05, 3.63) is 35.4 Å². The van der Waals surface area contributed by atoms with Crippen LogP contribution in [0.5, 0.6) is 11.5 Å². The zero-order valence-electron chi connectivity index (χ0n) is 12.3. The van der Waals surface area contributed by atoms with Gasteiger partial charge in [-0.25, -0.2) is 4.98 Å². The first kappa shape index (κ1) is 13.9. The molecule has 21 heavy (non-hydrogen) atoms.